The van der Waals surface area contributed by atoms with E-state index in [1.54, 1.807) is 6.33 Å². The molecule has 1 atom stereocenters. The van der Waals surface area contributed by atoms with E-state index in [4.69, 9.17) is 0 Å². The Morgan fingerprint density at radius 2 is 1.93 bits per heavy atom. The van der Waals surface area contributed by atoms with Gasteiger partial charge in [-0.2, -0.15) is 0 Å². The Morgan fingerprint density at radius 3 is 2.60 bits per heavy atom. The lowest BCUT2D eigenvalue weighted by Gasteiger charge is -2.25. The molecule has 0 radical (unpaired) electrons. The van der Waals surface area contributed by atoms with Crippen molar-refractivity contribution in [1.29, 1.82) is 0 Å². The SMILES string of the molecule is c1nc(C2CCC2)cc(C2CCCN2)n1. The van der Waals surface area contributed by atoms with E-state index in [1.807, 2.05) is 0 Å². The minimum absolute atomic E-state index is 0.479. The van der Waals surface area contributed by atoms with Crippen LogP contribution in [-0.2, 0) is 0 Å². The summed E-state index contributed by atoms with van der Waals surface area (Å²) in [5.74, 6) is 0.716. The van der Waals surface area contributed by atoms with Gasteiger partial charge < -0.3 is 5.32 Å². The topological polar surface area (TPSA) is 37.8 Å². The van der Waals surface area contributed by atoms with Crippen LogP contribution in [0.25, 0.3) is 0 Å². The molecular weight excluding hydrogens is 186 g/mol. The first-order chi connectivity index (χ1) is 7.43. The summed E-state index contributed by atoms with van der Waals surface area (Å²) in [4.78, 5) is 8.78. The van der Waals surface area contributed by atoms with Crippen molar-refractivity contribution >= 4 is 0 Å². The van der Waals surface area contributed by atoms with Crippen LogP contribution in [-0.4, -0.2) is 16.5 Å². The molecule has 3 heteroatoms. The molecule has 1 aliphatic heterocycles. The molecule has 1 aliphatic carbocycles. The van der Waals surface area contributed by atoms with Gasteiger partial charge in [-0.05, 0) is 38.3 Å². The summed E-state index contributed by atoms with van der Waals surface area (Å²) in [7, 11) is 0. The lowest BCUT2D eigenvalue weighted by Crippen LogP contribution is -2.16. The first-order valence-electron chi connectivity index (χ1n) is 5.99. The zero-order valence-corrected chi connectivity index (χ0v) is 8.95. The van der Waals surface area contributed by atoms with Crippen molar-refractivity contribution in [3.8, 4) is 0 Å². The number of nitrogens with one attached hydrogen (secondary N) is 1. The average Bonchev–Trinajstić information content (AvgIpc) is 2.68. The van der Waals surface area contributed by atoms with Crippen LogP contribution < -0.4 is 5.32 Å². The second-order valence-corrected chi connectivity index (χ2v) is 4.64. The number of rotatable bonds is 2. The summed E-state index contributed by atoms with van der Waals surface area (Å²) in [5, 5.41) is 3.48. The van der Waals surface area contributed by atoms with Crippen LogP contribution >= 0.6 is 0 Å². The summed E-state index contributed by atoms with van der Waals surface area (Å²) in [5.41, 5.74) is 2.46. The molecule has 0 spiro atoms. The fourth-order valence-corrected chi connectivity index (χ4v) is 2.44. The molecule has 0 bridgehead atoms. The van der Waals surface area contributed by atoms with E-state index in [-0.39, 0.29) is 0 Å². The van der Waals surface area contributed by atoms with Crippen LogP contribution in [0.4, 0.5) is 0 Å². The maximum atomic E-state index is 4.39. The third-order valence-electron chi connectivity index (χ3n) is 3.65. The quantitative estimate of drug-likeness (QED) is 0.800. The van der Waals surface area contributed by atoms with E-state index in [0.29, 0.717) is 12.0 Å². The molecule has 2 aliphatic rings. The standard InChI is InChI=1S/C12H17N3/c1-3-9(4-1)11-7-12(15-8-14-11)10-5-2-6-13-10/h7-10,13H,1-6H2. The lowest BCUT2D eigenvalue weighted by molar-refractivity contribution is 0.409. The van der Waals surface area contributed by atoms with Crippen molar-refractivity contribution in [3.05, 3.63) is 23.8 Å². The molecule has 1 aromatic rings. The van der Waals surface area contributed by atoms with Gasteiger partial charge in [0.1, 0.15) is 6.33 Å². The highest BCUT2D eigenvalue weighted by Crippen LogP contribution is 2.35. The smallest absolute Gasteiger partial charge is 0.116 e. The average molecular weight is 203 g/mol. The van der Waals surface area contributed by atoms with Gasteiger partial charge in [0.05, 0.1) is 5.69 Å². The maximum absolute atomic E-state index is 4.39. The van der Waals surface area contributed by atoms with Crippen LogP contribution in [0.2, 0.25) is 0 Å². The number of aromatic nitrogens is 2. The normalized spacial score (nSPS) is 26.5. The predicted octanol–water partition coefficient (Wildman–Crippen LogP) is 2.17. The van der Waals surface area contributed by atoms with Crippen molar-refractivity contribution < 1.29 is 0 Å². The van der Waals surface area contributed by atoms with Crippen LogP contribution in [0.5, 0.6) is 0 Å². The van der Waals surface area contributed by atoms with Crippen molar-refractivity contribution in [2.45, 2.75) is 44.1 Å². The van der Waals surface area contributed by atoms with Crippen molar-refractivity contribution in [2.24, 2.45) is 0 Å². The molecule has 0 amide bonds. The van der Waals surface area contributed by atoms with E-state index in [2.05, 4.69) is 21.4 Å². The summed E-state index contributed by atoms with van der Waals surface area (Å²) >= 11 is 0. The van der Waals surface area contributed by atoms with E-state index in [1.165, 1.54) is 43.5 Å². The van der Waals surface area contributed by atoms with E-state index in [0.717, 1.165) is 6.54 Å². The van der Waals surface area contributed by atoms with Crippen molar-refractivity contribution in [3.63, 3.8) is 0 Å². The van der Waals surface area contributed by atoms with E-state index >= 15 is 0 Å². The van der Waals surface area contributed by atoms with Gasteiger partial charge in [-0.15, -0.1) is 0 Å². The summed E-state index contributed by atoms with van der Waals surface area (Å²) in [6, 6.07) is 2.69. The first-order valence-corrected chi connectivity index (χ1v) is 5.99. The highest BCUT2D eigenvalue weighted by molar-refractivity contribution is 5.18. The van der Waals surface area contributed by atoms with Gasteiger partial charge in [0, 0.05) is 17.7 Å². The Hall–Kier alpha value is -0.960. The zero-order valence-electron chi connectivity index (χ0n) is 8.95. The van der Waals surface area contributed by atoms with Gasteiger partial charge in [-0.3, -0.25) is 0 Å². The number of hydrogen-bond donors (Lipinski definition) is 1. The molecule has 1 N–H and O–H groups in total. The molecule has 3 rings (SSSR count). The molecule has 1 aromatic heterocycles. The summed E-state index contributed by atoms with van der Waals surface area (Å²) in [6.45, 7) is 1.13. The Labute approximate surface area is 90.3 Å². The minimum Gasteiger partial charge on any atom is -0.309 e. The van der Waals surface area contributed by atoms with Gasteiger partial charge in [0.2, 0.25) is 0 Å². The van der Waals surface area contributed by atoms with Crippen molar-refractivity contribution in [1.82, 2.24) is 15.3 Å². The van der Waals surface area contributed by atoms with Gasteiger partial charge in [-0.1, -0.05) is 6.42 Å². The highest BCUT2D eigenvalue weighted by atomic mass is 15.0. The summed E-state index contributed by atoms with van der Waals surface area (Å²) < 4.78 is 0. The second-order valence-electron chi connectivity index (χ2n) is 4.64. The summed E-state index contributed by atoms with van der Waals surface area (Å²) in [6.07, 6.45) is 8.23. The molecule has 2 fully saturated rings. The molecule has 0 aromatic carbocycles. The third-order valence-corrected chi connectivity index (χ3v) is 3.65. The van der Waals surface area contributed by atoms with Gasteiger partial charge in [0.25, 0.3) is 0 Å². The number of nitrogens with zero attached hydrogens (tertiary/aromatic N) is 2. The maximum Gasteiger partial charge on any atom is 0.116 e. The minimum atomic E-state index is 0.479. The van der Waals surface area contributed by atoms with Gasteiger partial charge in [-0.25, -0.2) is 9.97 Å². The van der Waals surface area contributed by atoms with Crippen LogP contribution in [0.3, 0.4) is 0 Å². The predicted molar refractivity (Wildman–Crippen MR) is 58.6 cm³/mol. The van der Waals surface area contributed by atoms with Crippen molar-refractivity contribution in [2.75, 3.05) is 6.54 Å². The first kappa shape index (κ1) is 9.28. The Balaban J connectivity index is 1.81. The van der Waals surface area contributed by atoms with Crippen LogP contribution in [0.1, 0.15) is 55.5 Å². The van der Waals surface area contributed by atoms with E-state index in [9.17, 15) is 0 Å². The van der Waals surface area contributed by atoms with Gasteiger partial charge >= 0.3 is 0 Å². The van der Waals surface area contributed by atoms with Gasteiger partial charge in [0.15, 0.2) is 0 Å². The Kier molecular flexibility index (Phi) is 2.41. The lowest BCUT2D eigenvalue weighted by atomic mass is 9.82. The van der Waals surface area contributed by atoms with Crippen LogP contribution in [0, 0.1) is 0 Å². The fraction of sp³-hybridized carbons (Fsp3) is 0.667. The van der Waals surface area contributed by atoms with Crippen LogP contribution in [0.15, 0.2) is 12.4 Å². The Bertz CT molecular complexity index is 340. The molecule has 2 heterocycles. The molecule has 3 nitrogen and oxygen atoms in total. The molecule has 80 valence electrons. The highest BCUT2D eigenvalue weighted by Gasteiger charge is 2.23. The molecule has 15 heavy (non-hydrogen) atoms. The fourth-order valence-electron chi connectivity index (χ4n) is 2.44. The Morgan fingerprint density at radius 1 is 1.07 bits per heavy atom. The largest absolute Gasteiger partial charge is 0.309 e. The molecule has 1 saturated heterocycles. The number of hydrogen-bond acceptors (Lipinski definition) is 3. The second kappa shape index (κ2) is 3.89. The van der Waals surface area contributed by atoms with E-state index < -0.39 is 0 Å². The third kappa shape index (κ3) is 1.76. The molecule has 1 saturated carbocycles. The molecular formula is C12H17N3. The monoisotopic (exact) mass is 203 g/mol. The zero-order chi connectivity index (χ0) is 10.1. The molecule has 1 unspecified atom stereocenters.